The van der Waals surface area contributed by atoms with E-state index in [-0.39, 0.29) is 12.6 Å². The quantitative estimate of drug-likeness (QED) is 0.767. The van der Waals surface area contributed by atoms with Crippen LogP contribution in [0.2, 0.25) is 0 Å². The summed E-state index contributed by atoms with van der Waals surface area (Å²) in [6.07, 6.45) is 0.846. The maximum atomic E-state index is 12.3. The number of carbonyl (C=O) groups is 1. The maximum Gasteiger partial charge on any atom is 0.321 e. The van der Waals surface area contributed by atoms with Gasteiger partial charge in [0.05, 0.1) is 6.61 Å². The van der Waals surface area contributed by atoms with Crippen LogP contribution in [-0.2, 0) is 6.61 Å². The number of carbonyl (C=O) groups excluding carboxylic acids is 1. The Morgan fingerprint density at radius 2 is 1.92 bits per heavy atom. The fourth-order valence-electron chi connectivity index (χ4n) is 2.51. The lowest BCUT2D eigenvalue weighted by molar-refractivity contribution is 0.188. The van der Waals surface area contributed by atoms with Gasteiger partial charge in [-0.3, -0.25) is 0 Å². The highest BCUT2D eigenvalue weighted by atomic mass is 16.5. The fourth-order valence-corrected chi connectivity index (χ4v) is 2.51. The van der Waals surface area contributed by atoms with E-state index in [1.807, 2.05) is 62.4 Å². The molecule has 0 spiro atoms. The standard InChI is InChI=1S/C20H26N2O3/c1-3-11-22(12-13-23)20(24)21-19-10-9-18(14-16(19)2)25-15-17-7-5-4-6-8-17/h4-10,14,23H,3,11-13,15H2,1-2H3,(H,21,24). The summed E-state index contributed by atoms with van der Waals surface area (Å²) >= 11 is 0. The SMILES string of the molecule is CCCN(CCO)C(=O)Nc1ccc(OCc2ccccc2)cc1C. The van der Waals surface area contributed by atoms with Crippen LogP contribution in [0.3, 0.4) is 0 Å². The number of rotatable bonds is 8. The number of benzene rings is 2. The Balaban J connectivity index is 1.97. The van der Waals surface area contributed by atoms with Crippen LogP contribution in [0.1, 0.15) is 24.5 Å². The van der Waals surface area contributed by atoms with Crippen LogP contribution in [0.15, 0.2) is 48.5 Å². The van der Waals surface area contributed by atoms with Crippen LogP contribution in [0.4, 0.5) is 10.5 Å². The van der Waals surface area contributed by atoms with Gasteiger partial charge < -0.3 is 20.1 Å². The van der Waals surface area contributed by atoms with Crippen molar-refractivity contribution in [2.75, 3.05) is 25.0 Å². The monoisotopic (exact) mass is 342 g/mol. The highest BCUT2D eigenvalue weighted by molar-refractivity contribution is 5.90. The van der Waals surface area contributed by atoms with Crippen LogP contribution in [0, 0.1) is 6.92 Å². The molecule has 0 fully saturated rings. The molecule has 0 aromatic heterocycles. The Morgan fingerprint density at radius 1 is 1.16 bits per heavy atom. The Bertz CT molecular complexity index is 668. The van der Waals surface area contributed by atoms with Crippen LogP contribution in [-0.4, -0.2) is 35.7 Å². The highest BCUT2D eigenvalue weighted by Crippen LogP contribution is 2.22. The number of aryl methyl sites for hydroxylation is 1. The zero-order valence-corrected chi connectivity index (χ0v) is 14.9. The normalized spacial score (nSPS) is 10.4. The molecule has 0 aliphatic rings. The van der Waals surface area contributed by atoms with E-state index >= 15 is 0 Å². The van der Waals surface area contributed by atoms with E-state index in [1.54, 1.807) is 4.90 Å². The van der Waals surface area contributed by atoms with Gasteiger partial charge in [0.25, 0.3) is 0 Å². The smallest absolute Gasteiger partial charge is 0.321 e. The van der Waals surface area contributed by atoms with E-state index < -0.39 is 0 Å². The van der Waals surface area contributed by atoms with Crippen LogP contribution < -0.4 is 10.1 Å². The first-order chi connectivity index (χ1) is 12.1. The first kappa shape index (κ1) is 18.8. The van der Waals surface area contributed by atoms with Gasteiger partial charge in [0.2, 0.25) is 0 Å². The Morgan fingerprint density at radius 3 is 2.56 bits per heavy atom. The molecule has 0 unspecified atom stereocenters. The minimum absolute atomic E-state index is 0.0430. The van der Waals surface area contributed by atoms with Gasteiger partial charge in [0.1, 0.15) is 12.4 Å². The second kappa shape index (κ2) is 9.69. The average molecular weight is 342 g/mol. The molecule has 0 heterocycles. The largest absolute Gasteiger partial charge is 0.489 e. The molecule has 0 saturated carbocycles. The summed E-state index contributed by atoms with van der Waals surface area (Å²) in [5.41, 5.74) is 2.78. The summed E-state index contributed by atoms with van der Waals surface area (Å²) in [6.45, 7) is 5.34. The van der Waals surface area contributed by atoms with Gasteiger partial charge >= 0.3 is 6.03 Å². The van der Waals surface area contributed by atoms with Crippen molar-refractivity contribution in [3.05, 3.63) is 59.7 Å². The third-order valence-electron chi connectivity index (χ3n) is 3.84. The molecule has 2 N–H and O–H groups in total. The van der Waals surface area contributed by atoms with Crippen molar-refractivity contribution in [1.82, 2.24) is 4.90 Å². The molecule has 5 nitrogen and oxygen atoms in total. The molecule has 2 aromatic carbocycles. The average Bonchev–Trinajstić information content (AvgIpc) is 2.62. The summed E-state index contributed by atoms with van der Waals surface area (Å²) in [4.78, 5) is 13.9. The molecular weight excluding hydrogens is 316 g/mol. The fraction of sp³-hybridized carbons (Fsp3) is 0.350. The molecule has 0 radical (unpaired) electrons. The number of amides is 2. The lowest BCUT2D eigenvalue weighted by Crippen LogP contribution is -2.37. The molecule has 0 aliphatic heterocycles. The number of nitrogens with one attached hydrogen (secondary N) is 1. The number of nitrogens with zero attached hydrogens (tertiary/aromatic N) is 1. The predicted octanol–water partition coefficient (Wildman–Crippen LogP) is 3.81. The van der Waals surface area contributed by atoms with Gasteiger partial charge in [-0.15, -0.1) is 0 Å². The Hall–Kier alpha value is -2.53. The van der Waals surface area contributed by atoms with Gasteiger partial charge in [-0.25, -0.2) is 4.79 Å². The first-order valence-corrected chi connectivity index (χ1v) is 8.58. The minimum atomic E-state index is -0.197. The van der Waals surface area contributed by atoms with Gasteiger partial charge in [-0.05, 0) is 42.7 Å². The number of anilines is 1. The molecule has 0 saturated heterocycles. The lowest BCUT2D eigenvalue weighted by atomic mass is 10.2. The molecule has 2 rings (SSSR count). The van der Waals surface area contributed by atoms with Crippen molar-refractivity contribution in [3.63, 3.8) is 0 Å². The third-order valence-corrected chi connectivity index (χ3v) is 3.84. The zero-order valence-electron chi connectivity index (χ0n) is 14.9. The second-order valence-electron chi connectivity index (χ2n) is 5.89. The molecule has 5 heteroatoms. The predicted molar refractivity (Wildman–Crippen MR) is 99.9 cm³/mol. The summed E-state index contributed by atoms with van der Waals surface area (Å²) < 4.78 is 5.80. The topological polar surface area (TPSA) is 61.8 Å². The summed E-state index contributed by atoms with van der Waals surface area (Å²) in [5.74, 6) is 0.764. The first-order valence-electron chi connectivity index (χ1n) is 8.58. The number of aliphatic hydroxyl groups is 1. The number of hydrogen-bond acceptors (Lipinski definition) is 3. The second-order valence-corrected chi connectivity index (χ2v) is 5.89. The maximum absolute atomic E-state index is 12.3. The molecule has 0 atom stereocenters. The van der Waals surface area contributed by atoms with Gasteiger partial charge in [-0.2, -0.15) is 0 Å². The number of ether oxygens (including phenoxy) is 1. The van der Waals surface area contributed by atoms with E-state index in [2.05, 4.69) is 5.32 Å². The van der Waals surface area contributed by atoms with Crippen LogP contribution >= 0.6 is 0 Å². The van der Waals surface area contributed by atoms with E-state index in [0.717, 1.165) is 29.0 Å². The van der Waals surface area contributed by atoms with E-state index in [0.29, 0.717) is 19.7 Å². The van der Waals surface area contributed by atoms with Crippen molar-refractivity contribution in [2.24, 2.45) is 0 Å². The van der Waals surface area contributed by atoms with E-state index in [9.17, 15) is 4.79 Å². The van der Waals surface area contributed by atoms with Crippen molar-refractivity contribution in [1.29, 1.82) is 0 Å². The number of aliphatic hydroxyl groups excluding tert-OH is 1. The molecule has 0 bridgehead atoms. The van der Waals surface area contributed by atoms with Gasteiger partial charge in [0, 0.05) is 18.8 Å². The summed E-state index contributed by atoms with van der Waals surface area (Å²) in [7, 11) is 0. The van der Waals surface area contributed by atoms with Crippen molar-refractivity contribution in [3.8, 4) is 5.75 Å². The molecule has 134 valence electrons. The Labute approximate surface area is 149 Å². The summed E-state index contributed by atoms with van der Waals surface area (Å²) in [5, 5.41) is 12.0. The molecule has 2 amide bonds. The number of hydrogen-bond donors (Lipinski definition) is 2. The lowest BCUT2D eigenvalue weighted by Gasteiger charge is -2.22. The van der Waals surface area contributed by atoms with Crippen molar-refractivity contribution in [2.45, 2.75) is 26.9 Å². The highest BCUT2D eigenvalue weighted by Gasteiger charge is 2.13. The van der Waals surface area contributed by atoms with Crippen LogP contribution in [0.25, 0.3) is 0 Å². The minimum Gasteiger partial charge on any atom is -0.489 e. The van der Waals surface area contributed by atoms with E-state index in [4.69, 9.17) is 9.84 Å². The molecular formula is C20H26N2O3. The third kappa shape index (κ3) is 5.80. The number of urea groups is 1. The van der Waals surface area contributed by atoms with Gasteiger partial charge in [0.15, 0.2) is 0 Å². The van der Waals surface area contributed by atoms with Crippen molar-refractivity contribution >= 4 is 11.7 Å². The molecule has 25 heavy (non-hydrogen) atoms. The zero-order chi connectivity index (χ0) is 18.1. The van der Waals surface area contributed by atoms with Gasteiger partial charge in [-0.1, -0.05) is 37.3 Å². The summed E-state index contributed by atoms with van der Waals surface area (Å²) in [6, 6.07) is 15.4. The Kier molecular flexibility index (Phi) is 7.29. The molecule has 0 aliphatic carbocycles. The molecule has 2 aromatic rings. The van der Waals surface area contributed by atoms with Crippen LogP contribution in [0.5, 0.6) is 5.75 Å². The van der Waals surface area contributed by atoms with Crippen molar-refractivity contribution < 1.29 is 14.6 Å². The van der Waals surface area contributed by atoms with E-state index in [1.165, 1.54) is 0 Å².